The van der Waals surface area contributed by atoms with Crippen molar-refractivity contribution in [1.29, 1.82) is 0 Å². The third-order valence-corrected chi connectivity index (χ3v) is 5.45. The van der Waals surface area contributed by atoms with Crippen LogP contribution in [0.25, 0.3) is 0 Å². The van der Waals surface area contributed by atoms with Crippen LogP contribution in [0.3, 0.4) is 0 Å². The molecule has 2 heterocycles. The van der Waals surface area contributed by atoms with Gasteiger partial charge in [-0.05, 0) is 43.5 Å². The standard InChI is InChI=1S/C20H19N3O2S/c1-14-21-19(25-22-14)13-26-18-11-5-3-9-16(18)20(24)23-12-6-8-15-7-2-4-10-17(15)23/h2-5,7,9-11H,6,8,12-13H2,1H3. The Morgan fingerprint density at radius 3 is 2.85 bits per heavy atom. The molecule has 1 aromatic heterocycles. The number of fused-ring (bicyclic) bond motifs is 1. The number of amides is 1. The summed E-state index contributed by atoms with van der Waals surface area (Å²) >= 11 is 1.54. The molecule has 2 aromatic carbocycles. The number of hydrogen-bond acceptors (Lipinski definition) is 5. The molecule has 0 saturated heterocycles. The average Bonchev–Trinajstić information content (AvgIpc) is 3.11. The second-order valence-corrected chi connectivity index (χ2v) is 7.23. The monoisotopic (exact) mass is 365 g/mol. The van der Waals surface area contributed by atoms with Crippen molar-refractivity contribution < 1.29 is 9.32 Å². The second-order valence-electron chi connectivity index (χ2n) is 6.21. The molecule has 4 rings (SSSR count). The van der Waals surface area contributed by atoms with Gasteiger partial charge in [0.25, 0.3) is 5.91 Å². The van der Waals surface area contributed by atoms with Crippen LogP contribution in [-0.4, -0.2) is 22.6 Å². The molecule has 6 heteroatoms. The second kappa shape index (κ2) is 7.33. The summed E-state index contributed by atoms with van der Waals surface area (Å²) in [5, 5.41) is 3.81. The largest absolute Gasteiger partial charge is 0.338 e. The van der Waals surface area contributed by atoms with E-state index >= 15 is 0 Å². The van der Waals surface area contributed by atoms with Crippen LogP contribution in [0, 0.1) is 6.92 Å². The van der Waals surface area contributed by atoms with E-state index in [1.54, 1.807) is 18.7 Å². The van der Waals surface area contributed by atoms with Crippen molar-refractivity contribution in [3.63, 3.8) is 0 Å². The number of hydrogen-bond donors (Lipinski definition) is 0. The number of anilines is 1. The molecular weight excluding hydrogens is 346 g/mol. The normalized spacial score (nSPS) is 13.5. The zero-order valence-electron chi connectivity index (χ0n) is 14.5. The number of nitrogens with zero attached hydrogens (tertiary/aromatic N) is 3. The number of benzene rings is 2. The van der Waals surface area contributed by atoms with Gasteiger partial charge >= 0.3 is 0 Å². The van der Waals surface area contributed by atoms with E-state index in [9.17, 15) is 4.79 Å². The van der Waals surface area contributed by atoms with Crippen molar-refractivity contribution in [1.82, 2.24) is 10.1 Å². The molecule has 0 N–H and O–H groups in total. The van der Waals surface area contributed by atoms with Crippen LogP contribution in [-0.2, 0) is 12.2 Å². The molecule has 0 saturated carbocycles. The molecule has 1 amide bonds. The summed E-state index contributed by atoms with van der Waals surface area (Å²) in [7, 11) is 0. The van der Waals surface area contributed by atoms with E-state index in [1.807, 2.05) is 47.4 Å². The highest BCUT2D eigenvalue weighted by Crippen LogP contribution is 2.31. The first-order valence-electron chi connectivity index (χ1n) is 8.63. The highest BCUT2D eigenvalue weighted by molar-refractivity contribution is 7.98. The van der Waals surface area contributed by atoms with Gasteiger partial charge in [-0.1, -0.05) is 35.5 Å². The maximum Gasteiger partial charge on any atom is 0.259 e. The van der Waals surface area contributed by atoms with E-state index in [0.29, 0.717) is 23.0 Å². The first-order chi connectivity index (χ1) is 12.7. The minimum Gasteiger partial charge on any atom is -0.338 e. The highest BCUT2D eigenvalue weighted by atomic mass is 32.2. The lowest BCUT2D eigenvalue weighted by atomic mass is 10.0. The fraction of sp³-hybridized carbons (Fsp3) is 0.250. The van der Waals surface area contributed by atoms with Gasteiger partial charge in [0.1, 0.15) is 0 Å². The lowest BCUT2D eigenvalue weighted by Crippen LogP contribution is -2.35. The third-order valence-electron chi connectivity index (χ3n) is 4.39. The molecular formula is C20H19N3O2S. The van der Waals surface area contributed by atoms with E-state index in [2.05, 4.69) is 16.2 Å². The maximum absolute atomic E-state index is 13.3. The topological polar surface area (TPSA) is 59.2 Å². The molecule has 3 aromatic rings. The van der Waals surface area contributed by atoms with Gasteiger partial charge in [0.15, 0.2) is 5.82 Å². The van der Waals surface area contributed by atoms with Gasteiger partial charge in [0.05, 0.1) is 11.3 Å². The van der Waals surface area contributed by atoms with Crippen LogP contribution in [0.15, 0.2) is 57.9 Å². The Labute approximate surface area is 156 Å². The fourth-order valence-electron chi connectivity index (χ4n) is 3.20. The van der Waals surface area contributed by atoms with E-state index < -0.39 is 0 Å². The van der Waals surface area contributed by atoms with Crippen LogP contribution < -0.4 is 4.90 Å². The first kappa shape index (κ1) is 16.8. The molecule has 5 nitrogen and oxygen atoms in total. The third kappa shape index (κ3) is 3.37. The van der Waals surface area contributed by atoms with Gasteiger partial charge in [-0.3, -0.25) is 4.79 Å². The smallest absolute Gasteiger partial charge is 0.259 e. The summed E-state index contributed by atoms with van der Waals surface area (Å²) < 4.78 is 5.17. The lowest BCUT2D eigenvalue weighted by molar-refractivity contribution is 0.0982. The van der Waals surface area contributed by atoms with Gasteiger partial charge in [0.2, 0.25) is 5.89 Å². The van der Waals surface area contributed by atoms with Crippen LogP contribution in [0.5, 0.6) is 0 Å². The van der Waals surface area contributed by atoms with Crippen LogP contribution in [0.1, 0.15) is 34.1 Å². The molecule has 0 aliphatic carbocycles. The van der Waals surface area contributed by atoms with Crippen molar-refractivity contribution >= 4 is 23.4 Å². The van der Waals surface area contributed by atoms with Gasteiger partial charge in [0, 0.05) is 17.1 Å². The highest BCUT2D eigenvalue weighted by Gasteiger charge is 2.25. The number of carbonyl (C=O) groups excluding carboxylic acids is 1. The fourth-order valence-corrected chi connectivity index (χ4v) is 4.08. The molecule has 1 aliphatic heterocycles. The van der Waals surface area contributed by atoms with Crippen molar-refractivity contribution in [3.05, 3.63) is 71.4 Å². The molecule has 1 aliphatic rings. The number of thioether (sulfide) groups is 1. The van der Waals surface area contributed by atoms with Gasteiger partial charge in [-0.25, -0.2) is 0 Å². The Kier molecular flexibility index (Phi) is 4.75. The summed E-state index contributed by atoms with van der Waals surface area (Å²) in [5.41, 5.74) is 2.97. The number of rotatable bonds is 4. The number of aromatic nitrogens is 2. The van der Waals surface area contributed by atoms with Gasteiger partial charge in [-0.2, -0.15) is 4.98 Å². The Hall–Kier alpha value is -2.60. The van der Waals surface area contributed by atoms with Crippen molar-refractivity contribution in [3.8, 4) is 0 Å². The van der Waals surface area contributed by atoms with E-state index in [4.69, 9.17) is 4.52 Å². The summed E-state index contributed by atoms with van der Waals surface area (Å²) in [6.07, 6.45) is 2.01. The summed E-state index contributed by atoms with van der Waals surface area (Å²) in [4.78, 5) is 20.3. The molecule has 0 atom stereocenters. The Balaban J connectivity index is 1.59. The predicted molar refractivity (Wildman–Crippen MR) is 101 cm³/mol. The molecule has 26 heavy (non-hydrogen) atoms. The first-order valence-corrected chi connectivity index (χ1v) is 9.62. The number of carbonyl (C=O) groups is 1. The van der Waals surface area contributed by atoms with Crippen molar-refractivity contribution in [2.24, 2.45) is 0 Å². The zero-order valence-corrected chi connectivity index (χ0v) is 15.3. The van der Waals surface area contributed by atoms with E-state index in [1.165, 1.54) is 5.56 Å². The number of para-hydroxylation sites is 1. The average molecular weight is 365 g/mol. The van der Waals surface area contributed by atoms with Crippen LogP contribution in [0.4, 0.5) is 5.69 Å². The number of aryl methyl sites for hydroxylation is 2. The molecule has 0 bridgehead atoms. The summed E-state index contributed by atoms with van der Waals surface area (Å²) in [6.45, 7) is 2.54. The lowest BCUT2D eigenvalue weighted by Gasteiger charge is -2.30. The Morgan fingerprint density at radius 1 is 1.19 bits per heavy atom. The van der Waals surface area contributed by atoms with E-state index in [0.717, 1.165) is 30.0 Å². The molecule has 0 spiro atoms. The maximum atomic E-state index is 13.3. The summed E-state index contributed by atoms with van der Waals surface area (Å²) in [5.74, 6) is 1.77. The minimum absolute atomic E-state index is 0.0435. The molecule has 132 valence electrons. The zero-order chi connectivity index (χ0) is 17.9. The molecule has 0 radical (unpaired) electrons. The van der Waals surface area contributed by atoms with Crippen LogP contribution in [0.2, 0.25) is 0 Å². The van der Waals surface area contributed by atoms with Crippen molar-refractivity contribution in [2.45, 2.75) is 30.4 Å². The van der Waals surface area contributed by atoms with Crippen LogP contribution >= 0.6 is 11.8 Å². The summed E-state index contributed by atoms with van der Waals surface area (Å²) in [6, 6.07) is 15.9. The molecule has 0 fully saturated rings. The predicted octanol–water partition coefficient (Wildman–Crippen LogP) is 4.26. The minimum atomic E-state index is 0.0435. The van der Waals surface area contributed by atoms with Crippen molar-refractivity contribution in [2.75, 3.05) is 11.4 Å². The van der Waals surface area contributed by atoms with E-state index in [-0.39, 0.29) is 5.91 Å². The Morgan fingerprint density at radius 2 is 2.00 bits per heavy atom. The Bertz CT molecular complexity index is 938. The quantitative estimate of drug-likeness (QED) is 0.647. The van der Waals surface area contributed by atoms with Gasteiger partial charge in [-0.15, -0.1) is 11.8 Å². The van der Waals surface area contributed by atoms with Gasteiger partial charge < -0.3 is 9.42 Å². The molecule has 0 unspecified atom stereocenters. The SMILES string of the molecule is Cc1noc(CSc2ccccc2C(=O)N2CCCc3ccccc32)n1.